The number of benzene rings is 1. The molecule has 0 aliphatic rings. The molecule has 14 heavy (non-hydrogen) atoms. The molecule has 0 amide bonds. The summed E-state index contributed by atoms with van der Waals surface area (Å²) in [5.74, 6) is 0.0619. The van der Waals surface area contributed by atoms with Crippen LogP contribution >= 0.6 is 35.6 Å². The highest BCUT2D eigenvalue weighted by Gasteiger charge is 2.14. The van der Waals surface area contributed by atoms with E-state index in [1.54, 1.807) is 6.07 Å². The number of halogens is 3. The predicted molar refractivity (Wildman–Crippen MR) is 62.6 cm³/mol. The molecule has 0 radical (unpaired) electrons. The molecular weight excluding hydrogens is 244 g/mol. The zero-order chi connectivity index (χ0) is 10.0. The number of phenolic OH excluding ortho intramolecular Hbond substituents is 1. The molecule has 0 saturated carbocycles. The molecular formula is C9H12Cl3NO. The second kappa shape index (κ2) is 5.66. The van der Waals surface area contributed by atoms with Crippen molar-refractivity contribution >= 4 is 35.6 Å². The number of nitrogens with two attached hydrogens (primary N) is 1. The van der Waals surface area contributed by atoms with Crippen molar-refractivity contribution in [2.75, 3.05) is 0 Å². The van der Waals surface area contributed by atoms with Crippen molar-refractivity contribution in [1.29, 1.82) is 0 Å². The lowest BCUT2D eigenvalue weighted by Gasteiger charge is -2.13. The third-order valence-corrected chi connectivity index (χ3v) is 2.41. The van der Waals surface area contributed by atoms with Gasteiger partial charge in [-0.05, 0) is 18.6 Å². The Balaban J connectivity index is 0.00000169. The van der Waals surface area contributed by atoms with E-state index < -0.39 is 0 Å². The standard InChI is InChI=1S/C9H11Cl2NO.ClH/c1-2-7(12)9-6(11)3-5(10)4-8(9)13;/h3-4,7,13H,2,12H2,1H3;1H/t7-;/m0./s1. The lowest BCUT2D eigenvalue weighted by Crippen LogP contribution is -2.09. The summed E-state index contributed by atoms with van der Waals surface area (Å²) in [7, 11) is 0. The molecule has 0 bridgehead atoms. The summed E-state index contributed by atoms with van der Waals surface area (Å²) >= 11 is 11.6. The van der Waals surface area contributed by atoms with Crippen molar-refractivity contribution in [3.05, 3.63) is 27.7 Å². The maximum Gasteiger partial charge on any atom is 0.123 e. The van der Waals surface area contributed by atoms with E-state index in [-0.39, 0.29) is 24.2 Å². The molecule has 0 fully saturated rings. The second-order valence-corrected chi connectivity index (χ2v) is 3.68. The fourth-order valence-corrected chi connectivity index (χ4v) is 1.77. The number of hydrogen-bond acceptors (Lipinski definition) is 2. The molecule has 1 aromatic rings. The molecule has 0 aliphatic heterocycles. The first-order valence-corrected chi connectivity index (χ1v) is 4.75. The molecule has 0 unspecified atom stereocenters. The van der Waals surface area contributed by atoms with E-state index in [9.17, 15) is 5.11 Å². The normalized spacial score (nSPS) is 12.0. The smallest absolute Gasteiger partial charge is 0.123 e. The quantitative estimate of drug-likeness (QED) is 0.850. The van der Waals surface area contributed by atoms with Crippen molar-refractivity contribution < 1.29 is 5.11 Å². The van der Waals surface area contributed by atoms with Gasteiger partial charge in [0.05, 0.1) is 5.02 Å². The highest BCUT2D eigenvalue weighted by Crippen LogP contribution is 2.34. The molecule has 1 rings (SSSR count). The largest absolute Gasteiger partial charge is 0.508 e. The average Bonchev–Trinajstić information content (AvgIpc) is 2.02. The minimum Gasteiger partial charge on any atom is -0.508 e. The fourth-order valence-electron chi connectivity index (χ4n) is 1.14. The summed E-state index contributed by atoms with van der Waals surface area (Å²) < 4.78 is 0. The van der Waals surface area contributed by atoms with Crippen molar-refractivity contribution in [1.82, 2.24) is 0 Å². The Morgan fingerprint density at radius 3 is 2.43 bits per heavy atom. The van der Waals surface area contributed by atoms with Crippen LogP contribution < -0.4 is 5.73 Å². The Kier molecular flexibility index (Phi) is 5.60. The highest BCUT2D eigenvalue weighted by atomic mass is 35.5. The van der Waals surface area contributed by atoms with Crippen LogP contribution in [0.1, 0.15) is 24.9 Å². The van der Waals surface area contributed by atoms with Gasteiger partial charge in [0, 0.05) is 16.6 Å². The van der Waals surface area contributed by atoms with Gasteiger partial charge in [0.2, 0.25) is 0 Å². The summed E-state index contributed by atoms with van der Waals surface area (Å²) in [5.41, 5.74) is 6.32. The molecule has 0 saturated heterocycles. The molecule has 3 N–H and O–H groups in total. The first-order chi connectivity index (χ1) is 6.06. The molecule has 1 aromatic carbocycles. The van der Waals surface area contributed by atoms with Crippen molar-refractivity contribution in [3.8, 4) is 5.75 Å². The van der Waals surface area contributed by atoms with Gasteiger partial charge in [-0.15, -0.1) is 12.4 Å². The molecule has 5 heteroatoms. The van der Waals surface area contributed by atoms with Crippen molar-refractivity contribution in [2.24, 2.45) is 5.73 Å². The lowest BCUT2D eigenvalue weighted by molar-refractivity contribution is 0.460. The van der Waals surface area contributed by atoms with Crippen molar-refractivity contribution in [2.45, 2.75) is 19.4 Å². The lowest BCUT2D eigenvalue weighted by atomic mass is 10.0. The Morgan fingerprint density at radius 2 is 2.00 bits per heavy atom. The first kappa shape index (κ1) is 13.8. The van der Waals surface area contributed by atoms with Gasteiger partial charge in [-0.2, -0.15) is 0 Å². The van der Waals surface area contributed by atoms with Gasteiger partial charge < -0.3 is 10.8 Å². The van der Waals surface area contributed by atoms with E-state index in [1.165, 1.54) is 6.07 Å². The zero-order valence-corrected chi connectivity index (χ0v) is 9.96. The predicted octanol–water partition coefficient (Wildman–Crippen LogP) is 3.53. The Bertz CT molecular complexity index is 294. The summed E-state index contributed by atoms with van der Waals surface area (Å²) in [5, 5.41) is 10.4. The van der Waals surface area contributed by atoms with Crippen LogP contribution in [-0.2, 0) is 0 Å². The third-order valence-electron chi connectivity index (χ3n) is 1.88. The van der Waals surface area contributed by atoms with Gasteiger partial charge in [0.15, 0.2) is 0 Å². The minimum atomic E-state index is -0.246. The zero-order valence-electron chi connectivity index (χ0n) is 7.63. The molecule has 2 nitrogen and oxygen atoms in total. The number of rotatable bonds is 2. The van der Waals surface area contributed by atoms with Gasteiger partial charge >= 0.3 is 0 Å². The van der Waals surface area contributed by atoms with Crippen LogP contribution in [0.5, 0.6) is 5.75 Å². The monoisotopic (exact) mass is 255 g/mol. The van der Waals surface area contributed by atoms with Gasteiger partial charge in [0.25, 0.3) is 0 Å². The second-order valence-electron chi connectivity index (χ2n) is 2.84. The SMILES string of the molecule is CC[C@H](N)c1c(O)cc(Cl)cc1Cl.Cl. The molecule has 0 aliphatic carbocycles. The van der Waals surface area contributed by atoms with E-state index in [0.29, 0.717) is 15.6 Å². The van der Waals surface area contributed by atoms with Crippen LogP contribution in [0.2, 0.25) is 10.0 Å². The summed E-state index contributed by atoms with van der Waals surface area (Å²) in [6, 6.07) is 2.77. The van der Waals surface area contributed by atoms with Gasteiger partial charge in [-0.1, -0.05) is 30.1 Å². The Hall–Kier alpha value is -0.150. The maximum atomic E-state index is 9.52. The van der Waals surface area contributed by atoms with Crippen LogP contribution in [0.25, 0.3) is 0 Å². The summed E-state index contributed by atoms with van der Waals surface area (Å²) in [6.45, 7) is 1.93. The number of hydrogen-bond donors (Lipinski definition) is 2. The van der Waals surface area contributed by atoms with E-state index >= 15 is 0 Å². The van der Waals surface area contributed by atoms with Crippen LogP contribution in [0.3, 0.4) is 0 Å². The summed E-state index contributed by atoms with van der Waals surface area (Å²) in [4.78, 5) is 0. The third kappa shape index (κ3) is 2.92. The van der Waals surface area contributed by atoms with Crippen LogP contribution in [0.15, 0.2) is 12.1 Å². The number of aromatic hydroxyl groups is 1. The fraction of sp³-hybridized carbons (Fsp3) is 0.333. The first-order valence-electron chi connectivity index (χ1n) is 3.99. The average molecular weight is 257 g/mol. The molecule has 0 aromatic heterocycles. The van der Waals surface area contributed by atoms with Crippen molar-refractivity contribution in [3.63, 3.8) is 0 Å². The number of phenols is 1. The molecule has 0 spiro atoms. The van der Waals surface area contributed by atoms with Crippen LogP contribution in [-0.4, -0.2) is 5.11 Å². The minimum absolute atomic E-state index is 0. The highest BCUT2D eigenvalue weighted by molar-refractivity contribution is 6.35. The Morgan fingerprint density at radius 1 is 1.43 bits per heavy atom. The van der Waals surface area contributed by atoms with E-state index in [4.69, 9.17) is 28.9 Å². The van der Waals surface area contributed by atoms with E-state index in [0.717, 1.165) is 6.42 Å². The maximum absolute atomic E-state index is 9.52. The van der Waals surface area contributed by atoms with Crippen LogP contribution in [0, 0.1) is 0 Å². The van der Waals surface area contributed by atoms with Crippen LogP contribution in [0.4, 0.5) is 0 Å². The molecule has 0 heterocycles. The van der Waals surface area contributed by atoms with E-state index in [2.05, 4.69) is 0 Å². The van der Waals surface area contributed by atoms with Gasteiger partial charge in [-0.25, -0.2) is 0 Å². The van der Waals surface area contributed by atoms with Gasteiger partial charge in [-0.3, -0.25) is 0 Å². The molecule has 1 atom stereocenters. The topological polar surface area (TPSA) is 46.2 Å². The molecule has 80 valence electrons. The summed E-state index contributed by atoms with van der Waals surface area (Å²) in [6.07, 6.45) is 0.717. The Labute approximate surface area is 99.4 Å². The van der Waals surface area contributed by atoms with Gasteiger partial charge in [0.1, 0.15) is 5.75 Å². The van der Waals surface area contributed by atoms with E-state index in [1.807, 2.05) is 6.92 Å².